The number of allylic oxidation sites excluding steroid dienone is 24. The maximum atomic E-state index is 13.8. The van der Waals surface area contributed by atoms with Gasteiger partial charge in [0.05, 0.1) is 5.41 Å². The number of benzene rings is 1. The van der Waals surface area contributed by atoms with E-state index in [2.05, 4.69) is 52.6 Å². The van der Waals surface area contributed by atoms with Gasteiger partial charge < -0.3 is 0 Å². The third-order valence-corrected chi connectivity index (χ3v) is 7.03. The summed E-state index contributed by atoms with van der Waals surface area (Å²) in [4.78, 5) is 13.8. The molecule has 0 bridgehead atoms. The molecule has 1 fully saturated rings. The molecule has 1 saturated carbocycles. The number of ketones is 1. The predicted octanol–water partition coefficient (Wildman–Crippen LogP) is 10.1. The van der Waals surface area contributed by atoms with E-state index in [4.69, 9.17) is 0 Å². The van der Waals surface area contributed by atoms with E-state index in [0.717, 1.165) is 44.6 Å². The van der Waals surface area contributed by atoms with Crippen LogP contribution in [0.4, 0.5) is 0 Å². The van der Waals surface area contributed by atoms with Gasteiger partial charge >= 0.3 is 0 Å². The molecular weight excluding hydrogens is 496 g/mol. The largest absolute Gasteiger partial charge is 0.289 e. The fraction of sp³-hybridized carbons (Fsp3) is 0.0250. The smallest absolute Gasteiger partial charge is 0.193 e. The first-order valence-corrected chi connectivity index (χ1v) is 13.3. The van der Waals surface area contributed by atoms with Crippen LogP contribution in [0.15, 0.2) is 208 Å². The molecule has 1 heteroatoms. The van der Waals surface area contributed by atoms with Gasteiger partial charge in [-0.25, -0.2) is 0 Å². The highest BCUT2D eigenvalue weighted by Crippen LogP contribution is 2.65. The number of rotatable bonds is 11. The van der Waals surface area contributed by atoms with Crippen molar-refractivity contribution in [2.45, 2.75) is 5.41 Å². The highest BCUT2D eigenvalue weighted by Gasteiger charge is 2.56. The minimum absolute atomic E-state index is 0.124. The molecule has 2 aliphatic rings. The Balaban J connectivity index is 2.63. The van der Waals surface area contributed by atoms with Gasteiger partial charge in [-0.05, 0) is 50.6 Å². The highest BCUT2D eigenvalue weighted by molar-refractivity contribution is 6.12. The Kier molecular flexibility index (Phi) is 10.1. The van der Waals surface area contributed by atoms with Crippen LogP contribution in [0.5, 0.6) is 0 Å². The second-order valence-electron chi connectivity index (χ2n) is 9.19. The van der Waals surface area contributed by atoms with Crippen molar-refractivity contribution >= 4 is 11.4 Å². The third kappa shape index (κ3) is 5.18. The van der Waals surface area contributed by atoms with Crippen molar-refractivity contribution in [3.8, 4) is 0 Å². The van der Waals surface area contributed by atoms with Gasteiger partial charge in [0.2, 0.25) is 0 Å². The average molecular weight is 533 g/mol. The van der Waals surface area contributed by atoms with Crippen LogP contribution >= 0.6 is 0 Å². The zero-order chi connectivity index (χ0) is 30.0. The van der Waals surface area contributed by atoms with Crippen LogP contribution in [0.2, 0.25) is 0 Å². The number of fused-ring (bicyclic) bond motifs is 2. The van der Waals surface area contributed by atoms with E-state index < -0.39 is 5.41 Å². The molecule has 3 rings (SSSR count). The molecule has 0 saturated heterocycles. The lowest BCUT2D eigenvalue weighted by Crippen LogP contribution is -2.26. The molecule has 1 spiro atoms. The minimum atomic E-state index is -0.806. The standard InChI is InChI=1S/C40H36O/c1-9-17-25-29(18-10-2)39(41)30-26-27-34-33(21-13-5)37(24-16-8)40(38(34)28-30)35(22-14-6)31(19-11-3)32(20-12-4)36(40)23-15-7/h9-28H,1-8H2/b25-17-,29-18+,31-19-,32-20?,33-21-,35-22+,36-23+,37-24+. The lowest BCUT2D eigenvalue weighted by molar-refractivity contribution is 0.103. The van der Waals surface area contributed by atoms with Crippen LogP contribution in [0.3, 0.4) is 0 Å². The first-order valence-electron chi connectivity index (χ1n) is 13.3. The SMILES string of the molecule is C=CC=C1C(=C/C=C)/C(=C\C=C)C2(/C1=C/C=C)C(=C/C=C)/C(=C\C=C)c1ccc(C(=O)C(/C=C\C=C)=C/C=C)cc12. The Labute approximate surface area is 245 Å². The molecule has 1 unspecified atom stereocenters. The summed E-state index contributed by atoms with van der Waals surface area (Å²) in [5.41, 5.74) is 8.14. The normalized spacial score (nSPS) is 24.0. The van der Waals surface area contributed by atoms with Gasteiger partial charge in [0.15, 0.2) is 5.78 Å². The second kappa shape index (κ2) is 13.7. The summed E-state index contributed by atoms with van der Waals surface area (Å²) in [7, 11) is 0. The topological polar surface area (TPSA) is 17.1 Å². The van der Waals surface area contributed by atoms with Gasteiger partial charge in [0, 0.05) is 11.1 Å². The van der Waals surface area contributed by atoms with Crippen molar-refractivity contribution in [3.05, 3.63) is 224 Å². The van der Waals surface area contributed by atoms with Crippen LogP contribution < -0.4 is 0 Å². The first kappa shape index (κ1) is 30.3. The molecule has 1 aromatic carbocycles. The van der Waals surface area contributed by atoms with Crippen LogP contribution in [0.25, 0.3) is 5.57 Å². The summed E-state index contributed by atoms with van der Waals surface area (Å²) < 4.78 is 0. The molecule has 0 N–H and O–H groups in total. The summed E-state index contributed by atoms with van der Waals surface area (Å²) in [6, 6.07) is 5.87. The van der Waals surface area contributed by atoms with E-state index >= 15 is 0 Å². The highest BCUT2D eigenvalue weighted by atomic mass is 16.1. The number of carbonyl (C=O) groups excluding carboxylic acids is 1. The molecule has 1 aromatic rings. The fourth-order valence-corrected chi connectivity index (χ4v) is 5.70. The lowest BCUT2D eigenvalue weighted by Gasteiger charge is -2.31. The van der Waals surface area contributed by atoms with E-state index in [1.165, 1.54) is 0 Å². The molecule has 0 radical (unpaired) electrons. The van der Waals surface area contributed by atoms with E-state index in [9.17, 15) is 4.79 Å². The maximum absolute atomic E-state index is 13.8. The number of Topliss-reactive ketones (excluding diaryl/α,β-unsaturated/α-hetero) is 1. The fourth-order valence-electron chi connectivity index (χ4n) is 5.70. The third-order valence-electron chi connectivity index (χ3n) is 7.03. The molecule has 1 atom stereocenters. The first-order chi connectivity index (χ1) is 20.0. The molecule has 0 heterocycles. The lowest BCUT2D eigenvalue weighted by atomic mass is 9.69. The molecule has 41 heavy (non-hydrogen) atoms. The monoisotopic (exact) mass is 532 g/mol. The number of hydrogen-bond donors (Lipinski definition) is 0. The predicted molar refractivity (Wildman–Crippen MR) is 180 cm³/mol. The molecule has 0 aliphatic heterocycles. The number of hydrogen-bond acceptors (Lipinski definition) is 1. The summed E-state index contributed by atoms with van der Waals surface area (Å²) in [6.07, 6.45) is 31.2. The Morgan fingerprint density at radius 2 is 1.07 bits per heavy atom. The molecule has 0 aromatic heterocycles. The van der Waals surface area contributed by atoms with Crippen molar-refractivity contribution in [2.24, 2.45) is 0 Å². The Bertz CT molecular complexity index is 1560. The van der Waals surface area contributed by atoms with Gasteiger partial charge in [-0.3, -0.25) is 4.79 Å². The zero-order valence-corrected chi connectivity index (χ0v) is 23.6. The van der Waals surface area contributed by atoms with Crippen molar-refractivity contribution in [1.29, 1.82) is 0 Å². The van der Waals surface area contributed by atoms with Gasteiger partial charge in [0.1, 0.15) is 0 Å². The molecule has 202 valence electrons. The Morgan fingerprint density at radius 3 is 1.54 bits per heavy atom. The van der Waals surface area contributed by atoms with Crippen molar-refractivity contribution in [2.75, 3.05) is 0 Å². The van der Waals surface area contributed by atoms with Crippen LogP contribution in [-0.2, 0) is 5.41 Å². The van der Waals surface area contributed by atoms with Gasteiger partial charge in [-0.1, -0.05) is 168 Å². The zero-order valence-electron chi connectivity index (χ0n) is 23.6. The van der Waals surface area contributed by atoms with Gasteiger partial charge in [-0.2, -0.15) is 0 Å². The summed E-state index contributed by atoms with van der Waals surface area (Å²) in [5, 5.41) is 0. The summed E-state index contributed by atoms with van der Waals surface area (Å²) in [5.74, 6) is -0.124. The van der Waals surface area contributed by atoms with Crippen LogP contribution in [0.1, 0.15) is 21.5 Å². The van der Waals surface area contributed by atoms with E-state index in [1.807, 2.05) is 54.7 Å². The quantitative estimate of drug-likeness (QED) is 0.157. The van der Waals surface area contributed by atoms with Gasteiger partial charge in [0.25, 0.3) is 0 Å². The van der Waals surface area contributed by atoms with Crippen molar-refractivity contribution in [1.82, 2.24) is 0 Å². The molecule has 0 amide bonds. The Morgan fingerprint density at radius 1 is 0.585 bits per heavy atom. The number of carbonyl (C=O) groups is 1. The molecule has 1 nitrogen and oxygen atoms in total. The molecular formula is C40H36O. The maximum Gasteiger partial charge on any atom is 0.193 e. The Hall–Kier alpha value is -5.27. The van der Waals surface area contributed by atoms with Crippen molar-refractivity contribution in [3.63, 3.8) is 0 Å². The molecule has 2 aliphatic carbocycles. The van der Waals surface area contributed by atoms with E-state index in [1.54, 1.807) is 66.8 Å². The van der Waals surface area contributed by atoms with E-state index in [-0.39, 0.29) is 5.78 Å². The summed E-state index contributed by atoms with van der Waals surface area (Å²) >= 11 is 0. The van der Waals surface area contributed by atoms with Crippen molar-refractivity contribution < 1.29 is 4.79 Å². The van der Waals surface area contributed by atoms with Crippen LogP contribution in [0, 0.1) is 0 Å². The van der Waals surface area contributed by atoms with Gasteiger partial charge in [-0.15, -0.1) is 0 Å². The van der Waals surface area contributed by atoms with E-state index in [0.29, 0.717) is 11.1 Å². The second-order valence-corrected chi connectivity index (χ2v) is 9.19. The average Bonchev–Trinajstić information content (AvgIpc) is 3.37. The summed E-state index contributed by atoms with van der Waals surface area (Å²) in [6.45, 7) is 31.7. The van der Waals surface area contributed by atoms with Crippen LogP contribution in [-0.4, -0.2) is 5.78 Å². The minimum Gasteiger partial charge on any atom is -0.289 e.